The van der Waals surface area contributed by atoms with Crippen molar-refractivity contribution in [3.05, 3.63) is 29.8 Å². The van der Waals surface area contributed by atoms with Gasteiger partial charge in [-0.1, -0.05) is 25.5 Å². The number of hydrogen-bond acceptors (Lipinski definition) is 2. The fraction of sp³-hybridized carbons (Fsp3) is 0.571. The molecule has 2 heteroatoms. The van der Waals surface area contributed by atoms with Gasteiger partial charge in [-0.15, -0.1) is 0 Å². The van der Waals surface area contributed by atoms with Crippen LogP contribution in [0.4, 0.5) is 0 Å². The molecule has 2 nitrogen and oxygen atoms in total. The predicted molar refractivity (Wildman–Crippen MR) is 67.0 cm³/mol. The molecule has 0 aliphatic carbocycles. The van der Waals surface area contributed by atoms with Gasteiger partial charge in [-0.25, -0.2) is 0 Å². The zero-order valence-corrected chi connectivity index (χ0v) is 10.0. The van der Waals surface area contributed by atoms with Crippen molar-refractivity contribution in [1.29, 1.82) is 0 Å². The van der Waals surface area contributed by atoms with Gasteiger partial charge in [0.1, 0.15) is 11.9 Å². The average Bonchev–Trinajstić information content (AvgIpc) is 2.33. The lowest BCUT2D eigenvalue weighted by Gasteiger charge is -2.24. The minimum Gasteiger partial charge on any atom is -0.489 e. The lowest BCUT2D eigenvalue weighted by Crippen LogP contribution is -2.37. The number of aryl methyl sites for hydroxylation is 1. The second kappa shape index (κ2) is 5.90. The number of nitrogens with one attached hydrogen (secondary N) is 1. The molecule has 0 unspecified atom stereocenters. The summed E-state index contributed by atoms with van der Waals surface area (Å²) in [6, 6.07) is 8.55. The minimum absolute atomic E-state index is 0.353. The van der Waals surface area contributed by atoms with Crippen LogP contribution in [-0.4, -0.2) is 19.2 Å². The summed E-state index contributed by atoms with van der Waals surface area (Å²) in [6.45, 7) is 4.32. The van der Waals surface area contributed by atoms with Gasteiger partial charge in [0.25, 0.3) is 0 Å². The van der Waals surface area contributed by atoms with E-state index in [1.165, 1.54) is 24.8 Å². The first-order valence-electron chi connectivity index (χ1n) is 6.35. The van der Waals surface area contributed by atoms with Crippen molar-refractivity contribution in [2.45, 2.75) is 38.7 Å². The van der Waals surface area contributed by atoms with Gasteiger partial charge in [0, 0.05) is 6.54 Å². The molecule has 1 N–H and O–H groups in total. The molecule has 0 amide bonds. The maximum Gasteiger partial charge on any atom is 0.119 e. The van der Waals surface area contributed by atoms with Gasteiger partial charge in [-0.3, -0.25) is 0 Å². The van der Waals surface area contributed by atoms with Gasteiger partial charge in [0.2, 0.25) is 0 Å². The second-order valence-corrected chi connectivity index (χ2v) is 4.48. The summed E-state index contributed by atoms with van der Waals surface area (Å²) < 4.78 is 5.93. The Labute approximate surface area is 98.0 Å². The molecule has 1 atom stereocenters. The number of ether oxygens (including phenoxy) is 1. The smallest absolute Gasteiger partial charge is 0.119 e. The van der Waals surface area contributed by atoms with Gasteiger partial charge in [-0.2, -0.15) is 0 Å². The first kappa shape index (κ1) is 11.5. The second-order valence-electron chi connectivity index (χ2n) is 4.48. The van der Waals surface area contributed by atoms with Gasteiger partial charge >= 0.3 is 0 Å². The Bertz CT molecular complexity index is 301. The molecule has 1 aliphatic heterocycles. The predicted octanol–water partition coefficient (Wildman–Crippen LogP) is 2.77. The Morgan fingerprint density at radius 1 is 1.31 bits per heavy atom. The molecule has 1 aromatic carbocycles. The first-order valence-corrected chi connectivity index (χ1v) is 6.35. The highest BCUT2D eigenvalue weighted by molar-refractivity contribution is 5.27. The maximum atomic E-state index is 5.93. The SMILES string of the molecule is CCCc1ccc(O[C@@H]2CCCNC2)cc1. The lowest BCUT2D eigenvalue weighted by molar-refractivity contribution is 0.167. The van der Waals surface area contributed by atoms with Crippen LogP contribution in [0.3, 0.4) is 0 Å². The zero-order valence-electron chi connectivity index (χ0n) is 10.0. The highest BCUT2D eigenvalue weighted by atomic mass is 16.5. The molecule has 0 aromatic heterocycles. The van der Waals surface area contributed by atoms with Crippen LogP contribution < -0.4 is 10.1 Å². The number of rotatable bonds is 4. The monoisotopic (exact) mass is 219 g/mol. The Hall–Kier alpha value is -1.02. The van der Waals surface area contributed by atoms with E-state index in [1.807, 2.05) is 0 Å². The van der Waals surface area contributed by atoms with Crippen LogP contribution in [-0.2, 0) is 6.42 Å². The number of hydrogen-bond donors (Lipinski definition) is 1. The van der Waals surface area contributed by atoms with Crippen molar-refractivity contribution in [3.8, 4) is 5.75 Å². The Balaban J connectivity index is 1.88. The van der Waals surface area contributed by atoms with Crippen LogP contribution in [0.2, 0.25) is 0 Å². The third-order valence-corrected chi connectivity index (χ3v) is 3.02. The van der Waals surface area contributed by atoms with Crippen molar-refractivity contribution in [1.82, 2.24) is 5.32 Å². The topological polar surface area (TPSA) is 21.3 Å². The molecule has 16 heavy (non-hydrogen) atoms. The molecule has 0 radical (unpaired) electrons. The summed E-state index contributed by atoms with van der Waals surface area (Å²) in [5, 5.41) is 3.36. The van der Waals surface area contributed by atoms with Crippen molar-refractivity contribution < 1.29 is 4.74 Å². The highest BCUT2D eigenvalue weighted by Crippen LogP contribution is 2.17. The zero-order chi connectivity index (χ0) is 11.2. The average molecular weight is 219 g/mol. The number of benzene rings is 1. The van der Waals surface area contributed by atoms with E-state index in [-0.39, 0.29) is 0 Å². The van der Waals surface area contributed by atoms with Crippen LogP contribution in [0.25, 0.3) is 0 Å². The molecule has 0 spiro atoms. The number of piperidine rings is 1. The van der Waals surface area contributed by atoms with E-state index in [0.717, 1.165) is 25.3 Å². The fourth-order valence-corrected chi connectivity index (χ4v) is 2.14. The third-order valence-electron chi connectivity index (χ3n) is 3.02. The highest BCUT2D eigenvalue weighted by Gasteiger charge is 2.13. The molecule has 1 aromatic rings. The third kappa shape index (κ3) is 3.24. The molecule has 1 heterocycles. The molecule has 88 valence electrons. The van der Waals surface area contributed by atoms with Gasteiger partial charge in [-0.05, 0) is 43.5 Å². The van der Waals surface area contributed by atoms with Crippen LogP contribution in [0, 0.1) is 0 Å². The quantitative estimate of drug-likeness (QED) is 0.840. The summed E-state index contributed by atoms with van der Waals surface area (Å²) >= 11 is 0. The lowest BCUT2D eigenvalue weighted by atomic mass is 10.1. The van der Waals surface area contributed by atoms with Gasteiger partial charge < -0.3 is 10.1 Å². The normalized spacial score (nSPS) is 20.7. The van der Waals surface area contributed by atoms with Crippen LogP contribution >= 0.6 is 0 Å². The molecule has 2 rings (SSSR count). The van der Waals surface area contributed by atoms with Crippen LogP contribution in [0.5, 0.6) is 5.75 Å². The summed E-state index contributed by atoms with van der Waals surface area (Å²) in [5.74, 6) is 1.01. The van der Waals surface area contributed by atoms with E-state index in [0.29, 0.717) is 6.10 Å². The Kier molecular flexibility index (Phi) is 4.23. The molecule has 1 aliphatic rings. The standard InChI is InChI=1S/C14H21NO/c1-2-4-12-6-8-13(9-7-12)16-14-5-3-10-15-11-14/h6-9,14-15H,2-5,10-11H2,1H3/t14-/m1/s1. The minimum atomic E-state index is 0.353. The Morgan fingerprint density at radius 3 is 2.75 bits per heavy atom. The van der Waals surface area contributed by atoms with E-state index in [9.17, 15) is 0 Å². The summed E-state index contributed by atoms with van der Waals surface area (Å²) in [6.07, 6.45) is 5.10. The molecular formula is C14H21NO. The van der Waals surface area contributed by atoms with E-state index in [2.05, 4.69) is 36.5 Å². The first-order chi connectivity index (χ1) is 7.88. The molecule has 0 bridgehead atoms. The Morgan fingerprint density at radius 2 is 2.12 bits per heavy atom. The van der Waals surface area contributed by atoms with E-state index < -0.39 is 0 Å². The largest absolute Gasteiger partial charge is 0.489 e. The van der Waals surface area contributed by atoms with Crippen LogP contribution in [0.1, 0.15) is 31.7 Å². The summed E-state index contributed by atoms with van der Waals surface area (Å²) in [5.41, 5.74) is 1.40. The van der Waals surface area contributed by atoms with E-state index >= 15 is 0 Å². The summed E-state index contributed by atoms with van der Waals surface area (Å²) in [4.78, 5) is 0. The maximum absolute atomic E-state index is 5.93. The van der Waals surface area contributed by atoms with Gasteiger partial charge in [0.05, 0.1) is 0 Å². The van der Waals surface area contributed by atoms with Crippen molar-refractivity contribution in [2.75, 3.05) is 13.1 Å². The van der Waals surface area contributed by atoms with E-state index in [4.69, 9.17) is 4.74 Å². The molecule has 1 fully saturated rings. The fourth-order valence-electron chi connectivity index (χ4n) is 2.14. The van der Waals surface area contributed by atoms with Crippen LogP contribution in [0.15, 0.2) is 24.3 Å². The van der Waals surface area contributed by atoms with Gasteiger partial charge in [0.15, 0.2) is 0 Å². The van der Waals surface area contributed by atoms with Crippen molar-refractivity contribution >= 4 is 0 Å². The summed E-state index contributed by atoms with van der Waals surface area (Å²) in [7, 11) is 0. The molecular weight excluding hydrogens is 198 g/mol. The molecule has 1 saturated heterocycles. The van der Waals surface area contributed by atoms with Crippen molar-refractivity contribution in [3.63, 3.8) is 0 Å². The molecule has 0 saturated carbocycles. The van der Waals surface area contributed by atoms with Crippen molar-refractivity contribution in [2.24, 2.45) is 0 Å². The van der Waals surface area contributed by atoms with E-state index in [1.54, 1.807) is 0 Å².